The van der Waals surface area contributed by atoms with Crippen molar-refractivity contribution in [1.29, 1.82) is 0 Å². The first kappa shape index (κ1) is 24.1. The van der Waals surface area contributed by atoms with Crippen molar-refractivity contribution < 1.29 is 24.0 Å². The van der Waals surface area contributed by atoms with Crippen LogP contribution in [0.1, 0.15) is 67.0 Å². The van der Waals surface area contributed by atoms with Crippen LogP contribution in [0.2, 0.25) is 0 Å². The van der Waals surface area contributed by atoms with Crippen LogP contribution >= 0.6 is 0 Å². The maximum Gasteiger partial charge on any atom is 0.385 e. The van der Waals surface area contributed by atoms with E-state index in [1.165, 1.54) is 10.9 Å². The van der Waals surface area contributed by atoms with Gasteiger partial charge in [0.15, 0.2) is 0 Å². The van der Waals surface area contributed by atoms with Gasteiger partial charge in [-0.2, -0.15) is 0 Å². The molecule has 1 N–H and O–H groups in total. The standard InChI is InChI=1S/C21H30N4O6/c1-11-13(18(26)30-20(3,4)5)15(16-17(25(28)29)22-10-24(16)9)14(12(2)23-11)19(27)31-21(6,7)8/h10,15,23H,1-9H3. The number of dihydropyridines is 1. The second-order valence-corrected chi connectivity index (χ2v) is 9.46. The molecule has 10 heteroatoms. The molecule has 2 rings (SSSR count). The first-order valence-corrected chi connectivity index (χ1v) is 9.84. The molecule has 0 spiro atoms. The Kier molecular flexibility index (Phi) is 6.35. The highest BCUT2D eigenvalue weighted by Gasteiger charge is 2.44. The molecule has 0 amide bonds. The molecule has 31 heavy (non-hydrogen) atoms. The third kappa shape index (κ3) is 5.31. The number of carbonyl (C=O) groups is 2. The maximum absolute atomic E-state index is 13.2. The van der Waals surface area contributed by atoms with E-state index >= 15 is 0 Å². The summed E-state index contributed by atoms with van der Waals surface area (Å²) in [5.74, 6) is -2.92. The lowest BCUT2D eigenvalue weighted by molar-refractivity contribution is -0.390. The zero-order valence-electron chi connectivity index (χ0n) is 19.4. The molecule has 170 valence electrons. The van der Waals surface area contributed by atoms with Crippen LogP contribution in [0.4, 0.5) is 5.82 Å². The summed E-state index contributed by atoms with van der Waals surface area (Å²) in [7, 11) is 1.57. The van der Waals surface area contributed by atoms with E-state index in [2.05, 4.69) is 10.3 Å². The molecule has 0 saturated heterocycles. The van der Waals surface area contributed by atoms with Crippen molar-refractivity contribution in [2.45, 2.75) is 72.5 Å². The summed E-state index contributed by atoms with van der Waals surface area (Å²) in [6, 6.07) is 0. The molecule has 0 aromatic carbocycles. The number of aryl methyl sites for hydroxylation is 1. The number of nitro groups is 1. The van der Waals surface area contributed by atoms with Gasteiger partial charge in [-0.1, -0.05) is 0 Å². The number of nitrogens with one attached hydrogen (secondary N) is 1. The third-order valence-electron chi connectivity index (χ3n) is 4.41. The van der Waals surface area contributed by atoms with Crippen molar-refractivity contribution in [2.75, 3.05) is 0 Å². The second kappa shape index (κ2) is 8.16. The fourth-order valence-electron chi connectivity index (χ4n) is 3.38. The van der Waals surface area contributed by atoms with Crippen LogP contribution in [0.3, 0.4) is 0 Å². The van der Waals surface area contributed by atoms with Gasteiger partial charge in [0.2, 0.25) is 6.33 Å². The lowest BCUT2D eigenvalue weighted by atomic mass is 9.82. The zero-order chi connectivity index (χ0) is 23.9. The van der Waals surface area contributed by atoms with Crippen molar-refractivity contribution >= 4 is 17.8 Å². The van der Waals surface area contributed by atoms with Crippen molar-refractivity contribution in [3.8, 4) is 0 Å². The molecule has 1 aromatic rings. The highest BCUT2D eigenvalue weighted by atomic mass is 16.6. The SMILES string of the molecule is CC1=C(C(=O)OC(C)(C)C)C(c2c([N+](=O)[O-])ncn2C)C(C(=O)OC(C)(C)C)=C(C)N1. The Morgan fingerprint density at radius 2 is 1.45 bits per heavy atom. The van der Waals surface area contributed by atoms with Gasteiger partial charge in [-0.15, -0.1) is 0 Å². The Morgan fingerprint density at radius 1 is 1.03 bits per heavy atom. The fraction of sp³-hybridized carbons (Fsp3) is 0.571. The van der Waals surface area contributed by atoms with Crippen molar-refractivity contribution in [1.82, 2.24) is 14.9 Å². The molecule has 10 nitrogen and oxygen atoms in total. The van der Waals surface area contributed by atoms with Gasteiger partial charge in [-0.05, 0) is 65.3 Å². The highest BCUT2D eigenvalue weighted by molar-refractivity contribution is 6.00. The minimum atomic E-state index is -1.10. The van der Waals surface area contributed by atoms with Crippen LogP contribution < -0.4 is 5.32 Å². The molecule has 0 aliphatic carbocycles. The molecule has 0 radical (unpaired) electrons. The van der Waals surface area contributed by atoms with Gasteiger partial charge in [-0.3, -0.25) is 0 Å². The maximum atomic E-state index is 13.2. The number of allylic oxidation sites excluding steroid dienone is 2. The van der Waals surface area contributed by atoms with Crippen LogP contribution in [-0.4, -0.2) is 37.6 Å². The van der Waals surface area contributed by atoms with E-state index in [4.69, 9.17) is 9.47 Å². The van der Waals surface area contributed by atoms with Crippen LogP contribution in [-0.2, 0) is 26.1 Å². The van der Waals surface area contributed by atoms with Gasteiger partial charge >= 0.3 is 17.8 Å². The zero-order valence-corrected chi connectivity index (χ0v) is 19.4. The third-order valence-corrected chi connectivity index (χ3v) is 4.41. The average molecular weight is 434 g/mol. The van der Waals surface area contributed by atoms with Gasteiger partial charge in [0.25, 0.3) is 0 Å². The number of ether oxygens (including phenoxy) is 2. The molecule has 0 unspecified atom stereocenters. The fourth-order valence-corrected chi connectivity index (χ4v) is 3.38. The molecular formula is C21H30N4O6. The van der Waals surface area contributed by atoms with Gasteiger partial charge in [0.1, 0.15) is 16.9 Å². The quantitative estimate of drug-likeness (QED) is 0.435. The number of imidazole rings is 1. The number of aromatic nitrogens is 2. The predicted molar refractivity (Wildman–Crippen MR) is 113 cm³/mol. The molecule has 1 aliphatic heterocycles. The Hall–Kier alpha value is -3.17. The Labute approximate surface area is 181 Å². The van der Waals surface area contributed by atoms with E-state index < -0.39 is 39.8 Å². The predicted octanol–water partition coefficient (Wildman–Crippen LogP) is 3.25. The van der Waals surface area contributed by atoms with Crippen molar-refractivity contribution in [3.05, 3.63) is 44.7 Å². The summed E-state index contributed by atoms with van der Waals surface area (Å²) in [6.07, 6.45) is 1.28. The molecule has 2 heterocycles. The Morgan fingerprint density at radius 3 is 1.81 bits per heavy atom. The average Bonchev–Trinajstić information content (AvgIpc) is 2.91. The molecule has 1 aromatic heterocycles. The first-order chi connectivity index (χ1) is 14.0. The Balaban J connectivity index is 2.78. The monoisotopic (exact) mass is 434 g/mol. The minimum absolute atomic E-state index is 0.0897. The molecular weight excluding hydrogens is 404 g/mol. The van der Waals surface area contributed by atoms with E-state index in [9.17, 15) is 19.7 Å². The summed E-state index contributed by atoms with van der Waals surface area (Å²) in [5.41, 5.74) is -0.488. The smallest absolute Gasteiger partial charge is 0.385 e. The van der Waals surface area contributed by atoms with E-state index in [0.717, 1.165) is 0 Å². The van der Waals surface area contributed by atoms with Crippen LogP contribution in [0.5, 0.6) is 0 Å². The highest BCUT2D eigenvalue weighted by Crippen LogP contribution is 2.42. The topological polar surface area (TPSA) is 126 Å². The number of nitrogens with zero attached hydrogens (tertiary/aromatic N) is 3. The van der Waals surface area contributed by atoms with Gasteiger partial charge in [-0.25, -0.2) is 9.59 Å². The van der Waals surface area contributed by atoms with Gasteiger partial charge in [0.05, 0.1) is 17.1 Å². The van der Waals surface area contributed by atoms with Crippen molar-refractivity contribution in [2.24, 2.45) is 7.05 Å². The van der Waals surface area contributed by atoms with E-state index in [0.29, 0.717) is 11.4 Å². The normalized spacial score (nSPS) is 15.6. The Bertz CT molecular complexity index is 938. The number of carbonyl (C=O) groups excluding carboxylic acids is 2. The lowest BCUT2D eigenvalue weighted by Gasteiger charge is -2.32. The van der Waals surface area contributed by atoms with E-state index in [1.807, 2.05) is 0 Å². The molecule has 0 fully saturated rings. The van der Waals surface area contributed by atoms with E-state index in [1.54, 1.807) is 62.4 Å². The summed E-state index contributed by atoms with van der Waals surface area (Å²) < 4.78 is 12.6. The summed E-state index contributed by atoms with van der Waals surface area (Å²) >= 11 is 0. The van der Waals surface area contributed by atoms with Crippen molar-refractivity contribution in [3.63, 3.8) is 0 Å². The van der Waals surface area contributed by atoms with Crippen LogP contribution in [0.25, 0.3) is 0 Å². The van der Waals surface area contributed by atoms with Gasteiger partial charge < -0.3 is 29.5 Å². The molecule has 0 saturated carbocycles. The van der Waals surface area contributed by atoms with E-state index in [-0.39, 0.29) is 16.8 Å². The number of hydrogen-bond acceptors (Lipinski definition) is 8. The van der Waals surface area contributed by atoms with Gasteiger partial charge in [0, 0.05) is 18.4 Å². The molecule has 1 aliphatic rings. The minimum Gasteiger partial charge on any atom is -0.457 e. The summed E-state index contributed by atoms with van der Waals surface area (Å²) in [4.78, 5) is 41.3. The number of hydrogen-bond donors (Lipinski definition) is 1. The van der Waals surface area contributed by atoms with Crippen LogP contribution in [0, 0.1) is 10.1 Å². The lowest BCUT2D eigenvalue weighted by Crippen LogP contribution is -2.37. The second-order valence-electron chi connectivity index (χ2n) is 9.46. The number of esters is 2. The first-order valence-electron chi connectivity index (χ1n) is 9.84. The largest absolute Gasteiger partial charge is 0.457 e. The summed E-state index contributed by atoms with van der Waals surface area (Å²) in [6.45, 7) is 13.6. The molecule has 0 bridgehead atoms. The summed E-state index contributed by atoms with van der Waals surface area (Å²) in [5, 5.41) is 14.7. The molecule has 0 atom stereocenters. The van der Waals surface area contributed by atoms with Crippen LogP contribution in [0.15, 0.2) is 28.9 Å². The number of rotatable bonds is 4.